The third-order valence-electron chi connectivity index (χ3n) is 2.99. The predicted octanol–water partition coefficient (Wildman–Crippen LogP) is -0.119. The molecule has 18 heavy (non-hydrogen) atoms. The predicted molar refractivity (Wildman–Crippen MR) is 64.9 cm³/mol. The Balaban J connectivity index is 2.68. The lowest BCUT2D eigenvalue weighted by Crippen LogP contribution is -2.17. The number of aryl methyl sites for hydroxylation is 2. The molecule has 2 aromatic rings. The lowest BCUT2D eigenvalue weighted by Gasteiger charge is -2.04. The van der Waals surface area contributed by atoms with Gasteiger partial charge in [0.15, 0.2) is 0 Å². The highest BCUT2D eigenvalue weighted by Crippen LogP contribution is 2.14. The molecule has 3 N–H and O–H groups in total. The molecular formula is C11H13N3O4. The fraction of sp³-hybridized carbons (Fsp3) is 0.364. The first-order valence-electron chi connectivity index (χ1n) is 5.44. The Morgan fingerprint density at radius 2 is 2.00 bits per heavy atom. The van der Waals surface area contributed by atoms with E-state index in [0.717, 1.165) is 0 Å². The van der Waals surface area contributed by atoms with E-state index in [9.17, 15) is 14.4 Å². The summed E-state index contributed by atoms with van der Waals surface area (Å²) in [7, 11) is 1.62. The van der Waals surface area contributed by atoms with Crippen LogP contribution in [0.15, 0.2) is 9.59 Å². The molecule has 0 unspecified atom stereocenters. The maximum Gasteiger partial charge on any atom is 0.303 e. The van der Waals surface area contributed by atoms with Crippen LogP contribution >= 0.6 is 0 Å². The fourth-order valence-electron chi connectivity index (χ4n) is 2.07. The van der Waals surface area contributed by atoms with E-state index in [1.807, 2.05) is 0 Å². The van der Waals surface area contributed by atoms with Gasteiger partial charge >= 0.3 is 5.97 Å². The molecule has 0 spiro atoms. The number of rotatable bonds is 3. The number of carbonyl (C=O) groups is 1. The van der Waals surface area contributed by atoms with Gasteiger partial charge in [0, 0.05) is 19.0 Å². The van der Waals surface area contributed by atoms with Crippen LogP contribution in [0.3, 0.4) is 0 Å². The number of aromatic amines is 2. The number of nitrogens with zero attached hydrogens (tertiary/aromatic N) is 1. The average Bonchev–Trinajstić information content (AvgIpc) is 2.53. The minimum absolute atomic E-state index is 0.112. The molecule has 0 atom stereocenters. The van der Waals surface area contributed by atoms with Crippen LogP contribution in [0.1, 0.15) is 17.5 Å². The highest BCUT2D eigenvalue weighted by Gasteiger charge is 2.15. The van der Waals surface area contributed by atoms with Crippen molar-refractivity contribution in [3.63, 3.8) is 0 Å². The first kappa shape index (κ1) is 12.2. The van der Waals surface area contributed by atoms with Crippen LogP contribution < -0.4 is 11.1 Å². The van der Waals surface area contributed by atoms with Crippen LogP contribution in [-0.2, 0) is 18.3 Å². The van der Waals surface area contributed by atoms with Crippen LogP contribution in [0.5, 0.6) is 0 Å². The van der Waals surface area contributed by atoms with Gasteiger partial charge in [-0.3, -0.25) is 24.2 Å². The lowest BCUT2D eigenvalue weighted by atomic mass is 10.0. The van der Waals surface area contributed by atoms with Gasteiger partial charge in [0.25, 0.3) is 11.1 Å². The molecule has 0 aliphatic carbocycles. The Bertz CT molecular complexity index is 735. The summed E-state index contributed by atoms with van der Waals surface area (Å²) in [5.41, 5.74) is 0.661. The maximum atomic E-state index is 11.9. The van der Waals surface area contributed by atoms with Gasteiger partial charge in [-0.2, -0.15) is 0 Å². The topological polar surface area (TPSA) is 108 Å². The van der Waals surface area contributed by atoms with Crippen LogP contribution in [0.4, 0.5) is 0 Å². The van der Waals surface area contributed by atoms with Crippen LogP contribution in [-0.4, -0.2) is 25.8 Å². The number of H-pyrrole nitrogens is 2. The minimum atomic E-state index is -0.976. The standard InChI is InChI=1S/C11H13N3O4/c1-5-6(3-4-7(15)16)10(17)12-9-8(5)11(18)13-14(9)2/h3-4H2,1-2H3,(H,12,17)(H,13,18)(H,15,16). The molecule has 0 bridgehead atoms. The van der Waals surface area contributed by atoms with Crippen LogP contribution in [0.25, 0.3) is 11.0 Å². The van der Waals surface area contributed by atoms with Crippen molar-refractivity contribution in [2.24, 2.45) is 7.05 Å². The summed E-state index contributed by atoms with van der Waals surface area (Å²) in [5, 5.41) is 11.6. The zero-order valence-corrected chi connectivity index (χ0v) is 10.0. The van der Waals surface area contributed by atoms with Crippen molar-refractivity contribution in [2.45, 2.75) is 19.8 Å². The van der Waals surface area contributed by atoms with E-state index in [-0.39, 0.29) is 24.0 Å². The van der Waals surface area contributed by atoms with E-state index in [2.05, 4.69) is 10.1 Å². The van der Waals surface area contributed by atoms with Crippen LogP contribution in [0.2, 0.25) is 0 Å². The third kappa shape index (κ3) is 1.83. The van der Waals surface area contributed by atoms with Gasteiger partial charge in [-0.15, -0.1) is 0 Å². The van der Waals surface area contributed by atoms with Crippen molar-refractivity contribution in [1.82, 2.24) is 14.8 Å². The number of hydrogen-bond acceptors (Lipinski definition) is 3. The van der Waals surface area contributed by atoms with Crippen molar-refractivity contribution in [3.8, 4) is 0 Å². The number of aromatic nitrogens is 3. The molecular weight excluding hydrogens is 238 g/mol. The molecule has 2 heterocycles. The van der Waals surface area contributed by atoms with E-state index in [1.165, 1.54) is 4.68 Å². The molecule has 0 saturated carbocycles. The fourth-order valence-corrected chi connectivity index (χ4v) is 2.07. The maximum absolute atomic E-state index is 11.9. The Kier molecular flexibility index (Phi) is 2.82. The smallest absolute Gasteiger partial charge is 0.303 e. The van der Waals surface area contributed by atoms with Gasteiger partial charge in [-0.1, -0.05) is 0 Å². The summed E-state index contributed by atoms with van der Waals surface area (Å²) in [6, 6.07) is 0. The van der Waals surface area contributed by atoms with Crippen molar-refractivity contribution >= 4 is 17.0 Å². The zero-order chi connectivity index (χ0) is 13.4. The molecule has 2 rings (SSSR count). The molecule has 0 aromatic carbocycles. The second-order valence-corrected chi connectivity index (χ2v) is 4.17. The Labute approximate surface area is 101 Å². The number of pyridine rings is 1. The summed E-state index contributed by atoms with van der Waals surface area (Å²) < 4.78 is 1.44. The number of hydrogen-bond donors (Lipinski definition) is 3. The zero-order valence-electron chi connectivity index (χ0n) is 10.0. The number of carboxylic acids is 1. The summed E-state index contributed by atoms with van der Waals surface area (Å²) in [5.74, 6) is -0.976. The Morgan fingerprint density at radius 3 is 2.61 bits per heavy atom. The van der Waals surface area contributed by atoms with Gasteiger partial charge in [0.1, 0.15) is 5.65 Å². The monoisotopic (exact) mass is 251 g/mol. The van der Waals surface area contributed by atoms with E-state index >= 15 is 0 Å². The summed E-state index contributed by atoms with van der Waals surface area (Å²) in [6.45, 7) is 1.66. The highest BCUT2D eigenvalue weighted by molar-refractivity contribution is 5.79. The second kappa shape index (κ2) is 4.17. The van der Waals surface area contributed by atoms with Gasteiger partial charge in [-0.25, -0.2) is 0 Å². The molecule has 96 valence electrons. The van der Waals surface area contributed by atoms with Crippen molar-refractivity contribution in [2.75, 3.05) is 0 Å². The van der Waals surface area contributed by atoms with Gasteiger partial charge in [0.2, 0.25) is 0 Å². The lowest BCUT2D eigenvalue weighted by molar-refractivity contribution is -0.136. The molecule has 0 amide bonds. The van der Waals surface area contributed by atoms with Gasteiger partial charge in [-0.05, 0) is 18.9 Å². The summed E-state index contributed by atoms with van der Waals surface area (Å²) in [4.78, 5) is 36.7. The summed E-state index contributed by atoms with van der Waals surface area (Å²) in [6.07, 6.45) is -0.0268. The van der Waals surface area contributed by atoms with Gasteiger partial charge in [0.05, 0.1) is 5.39 Å². The normalized spacial score (nSPS) is 11.0. The Morgan fingerprint density at radius 1 is 1.33 bits per heavy atom. The molecule has 0 aliphatic rings. The Hall–Kier alpha value is -2.31. The molecule has 0 fully saturated rings. The number of aliphatic carboxylic acids is 1. The highest BCUT2D eigenvalue weighted by atomic mass is 16.4. The van der Waals surface area contributed by atoms with Crippen molar-refractivity contribution < 1.29 is 9.90 Å². The molecule has 7 heteroatoms. The van der Waals surface area contributed by atoms with Crippen LogP contribution in [0, 0.1) is 6.92 Å². The summed E-state index contributed by atoms with van der Waals surface area (Å²) >= 11 is 0. The average molecular weight is 251 g/mol. The SMILES string of the molecule is Cc1c(CCC(=O)O)c(=O)[nH]c2c1c(=O)[nH]n2C. The molecule has 2 aromatic heterocycles. The number of nitrogens with one attached hydrogen (secondary N) is 2. The first-order chi connectivity index (χ1) is 8.41. The van der Waals surface area contributed by atoms with Crippen molar-refractivity contribution in [1.29, 1.82) is 0 Å². The number of carboxylic acid groups (broad SMARTS) is 1. The second-order valence-electron chi connectivity index (χ2n) is 4.17. The van der Waals surface area contributed by atoms with Gasteiger partial charge < -0.3 is 10.1 Å². The minimum Gasteiger partial charge on any atom is -0.481 e. The van der Waals surface area contributed by atoms with E-state index < -0.39 is 5.97 Å². The molecule has 7 nitrogen and oxygen atoms in total. The molecule has 0 saturated heterocycles. The third-order valence-corrected chi connectivity index (χ3v) is 2.99. The quantitative estimate of drug-likeness (QED) is 0.706. The van der Waals surface area contributed by atoms with E-state index in [0.29, 0.717) is 22.2 Å². The largest absolute Gasteiger partial charge is 0.481 e. The van der Waals surface area contributed by atoms with E-state index in [4.69, 9.17) is 5.11 Å². The first-order valence-corrected chi connectivity index (χ1v) is 5.44. The molecule has 0 aliphatic heterocycles. The van der Waals surface area contributed by atoms with E-state index in [1.54, 1.807) is 14.0 Å². The van der Waals surface area contributed by atoms with Crippen molar-refractivity contribution in [3.05, 3.63) is 31.8 Å². The number of fused-ring (bicyclic) bond motifs is 1. The molecule has 0 radical (unpaired) electrons.